The summed E-state index contributed by atoms with van der Waals surface area (Å²) in [6.45, 7) is 1.36. The molecule has 0 radical (unpaired) electrons. The molecule has 22 heavy (non-hydrogen) atoms. The third kappa shape index (κ3) is 5.21. The number of amides is 2. The van der Waals surface area contributed by atoms with E-state index in [0.29, 0.717) is 0 Å². The number of hydrogen-bond acceptors (Lipinski definition) is 2. The van der Waals surface area contributed by atoms with Crippen molar-refractivity contribution in [2.45, 2.75) is 13.1 Å². The number of aliphatic carboxylic acids is 1. The predicted molar refractivity (Wildman–Crippen MR) is 77.6 cm³/mol. The number of rotatable bonds is 4. The minimum Gasteiger partial charge on any atom is -0.481 e. The molecule has 122 valence electrons. The second-order valence-electron chi connectivity index (χ2n) is 4.78. The number of carbonyl (C=O) groups excluding carboxylic acids is 1. The Morgan fingerprint density at radius 3 is 2.45 bits per heavy atom. The van der Waals surface area contributed by atoms with E-state index >= 15 is 0 Å². The van der Waals surface area contributed by atoms with Gasteiger partial charge in [0.1, 0.15) is 0 Å². The fourth-order valence-corrected chi connectivity index (χ4v) is 2.11. The van der Waals surface area contributed by atoms with Crippen LogP contribution in [0, 0.1) is 5.92 Å². The van der Waals surface area contributed by atoms with E-state index in [1.54, 1.807) is 0 Å². The number of halogens is 4. The molecule has 0 aromatic heterocycles. The molecule has 0 bridgehead atoms. The van der Waals surface area contributed by atoms with Gasteiger partial charge in [0.25, 0.3) is 0 Å². The molecular formula is C13H14BrF3N2O3. The molecule has 5 nitrogen and oxygen atoms in total. The summed E-state index contributed by atoms with van der Waals surface area (Å²) in [6, 6.07) is 2.32. The number of carbonyl (C=O) groups is 2. The maximum Gasteiger partial charge on any atom is 0.416 e. The van der Waals surface area contributed by atoms with Crippen LogP contribution in [0.15, 0.2) is 22.7 Å². The third-order valence-corrected chi connectivity index (χ3v) is 3.25. The Morgan fingerprint density at radius 2 is 1.95 bits per heavy atom. The molecule has 0 fully saturated rings. The summed E-state index contributed by atoms with van der Waals surface area (Å²) in [4.78, 5) is 23.7. The minimum atomic E-state index is -4.53. The van der Waals surface area contributed by atoms with Gasteiger partial charge in [-0.15, -0.1) is 0 Å². The van der Waals surface area contributed by atoms with Crippen molar-refractivity contribution < 1.29 is 27.9 Å². The van der Waals surface area contributed by atoms with E-state index in [1.165, 1.54) is 20.0 Å². The molecule has 0 aliphatic heterocycles. The van der Waals surface area contributed by atoms with Gasteiger partial charge < -0.3 is 15.3 Å². The highest BCUT2D eigenvalue weighted by molar-refractivity contribution is 9.10. The van der Waals surface area contributed by atoms with Crippen molar-refractivity contribution in [3.63, 3.8) is 0 Å². The number of anilines is 1. The van der Waals surface area contributed by atoms with E-state index in [9.17, 15) is 22.8 Å². The van der Waals surface area contributed by atoms with Gasteiger partial charge in [0.05, 0.1) is 11.5 Å². The molecule has 0 spiro atoms. The Labute approximate surface area is 133 Å². The highest BCUT2D eigenvalue weighted by Gasteiger charge is 2.31. The number of hydrogen-bond donors (Lipinski definition) is 2. The number of carboxylic acid groups (broad SMARTS) is 1. The van der Waals surface area contributed by atoms with Crippen molar-refractivity contribution in [3.05, 3.63) is 28.2 Å². The fourth-order valence-electron chi connectivity index (χ4n) is 1.62. The molecule has 0 heterocycles. The number of carboxylic acids is 1. The fraction of sp³-hybridized carbons (Fsp3) is 0.385. The standard InChI is InChI=1S/C13H14BrF3N2O3/c1-7(11(20)21)6-19(2)12(22)18-10-4-8(13(15,16)17)3-9(14)5-10/h3-5,7H,6H2,1-2H3,(H,18,22)(H,20,21). The number of urea groups is 1. The van der Waals surface area contributed by atoms with Gasteiger partial charge in [-0.2, -0.15) is 13.2 Å². The van der Waals surface area contributed by atoms with Crippen molar-refractivity contribution >= 4 is 33.6 Å². The summed E-state index contributed by atoms with van der Waals surface area (Å²) in [5.74, 6) is -1.86. The van der Waals surface area contributed by atoms with Crippen molar-refractivity contribution in [3.8, 4) is 0 Å². The maximum atomic E-state index is 12.7. The highest BCUT2D eigenvalue weighted by Crippen LogP contribution is 2.33. The van der Waals surface area contributed by atoms with Crippen molar-refractivity contribution in [1.82, 2.24) is 4.90 Å². The Kier molecular flexibility index (Phi) is 5.81. The van der Waals surface area contributed by atoms with Gasteiger partial charge >= 0.3 is 18.2 Å². The molecule has 2 amide bonds. The first-order valence-corrected chi connectivity index (χ1v) is 6.92. The SMILES string of the molecule is CC(CN(C)C(=O)Nc1cc(Br)cc(C(F)(F)F)c1)C(=O)O. The van der Waals surface area contributed by atoms with Gasteiger partial charge in [0, 0.05) is 23.8 Å². The Balaban J connectivity index is 2.84. The summed E-state index contributed by atoms with van der Waals surface area (Å²) in [5.41, 5.74) is -0.944. The molecule has 1 aromatic carbocycles. The van der Waals surface area contributed by atoms with E-state index in [4.69, 9.17) is 5.11 Å². The van der Waals surface area contributed by atoms with Crippen molar-refractivity contribution in [2.75, 3.05) is 18.9 Å². The number of nitrogens with one attached hydrogen (secondary N) is 1. The Morgan fingerprint density at radius 1 is 1.36 bits per heavy atom. The first kappa shape index (κ1) is 18.3. The van der Waals surface area contributed by atoms with Gasteiger partial charge in [-0.1, -0.05) is 22.9 Å². The van der Waals surface area contributed by atoms with Crippen LogP contribution in [0.3, 0.4) is 0 Å². The van der Waals surface area contributed by atoms with E-state index in [-0.39, 0.29) is 16.7 Å². The molecule has 1 unspecified atom stereocenters. The van der Waals surface area contributed by atoms with Gasteiger partial charge in [-0.3, -0.25) is 4.79 Å². The lowest BCUT2D eigenvalue weighted by Gasteiger charge is -2.20. The third-order valence-electron chi connectivity index (χ3n) is 2.79. The lowest BCUT2D eigenvalue weighted by Crippen LogP contribution is -2.36. The number of nitrogens with zero attached hydrogens (tertiary/aromatic N) is 1. The monoisotopic (exact) mass is 382 g/mol. The summed E-state index contributed by atoms with van der Waals surface area (Å²) >= 11 is 2.95. The second-order valence-corrected chi connectivity index (χ2v) is 5.69. The van der Waals surface area contributed by atoms with Crippen LogP contribution in [0.2, 0.25) is 0 Å². The van der Waals surface area contributed by atoms with E-state index < -0.39 is 29.7 Å². The van der Waals surface area contributed by atoms with E-state index in [2.05, 4.69) is 21.2 Å². The van der Waals surface area contributed by atoms with Gasteiger partial charge in [0.2, 0.25) is 0 Å². The van der Waals surface area contributed by atoms with Gasteiger partial charge in [-0.25, -0.2) is 4.79 Å². The predicted octanol–water partition coefficient (Wildman–Crippen LogP) is 3.65. The molecule has 0 saturated carbocycles. The highest BCUT2D eigenvalue weighted by atomic mass is 79.9. The Hall–Kier alpha value is -1.77. The summed E-state index contributed by atoms with van der Waals surface area (Å²) in [5, 5.41) is 11.1. The normalized spacial score (nSPS) is 12.6. The smallest absolute Gasteiger partial charge is 0.416 e. The average Bonchev–Trinajstić information content (AvgIpc) is 2.36. The molecule has 0 saturated heterocycles. The molecule has 2 N–H and O–H groups in total. The van der Waals surface area contributed by atoms with Crippen LogP contribution in [0.1, 0.15) is 12.5 Å². The zero-order valence-electron chi connectivity index (χ0n) is 11.7. The van der Waals surface area contributed by atoms with Crippen LogP contribution < -0.4 is 5.32 Å². The Bertz CT molecular complexity index is 578. The lowest BCUT2D eigenvalue weighted by atomic mass is 10.2. The number of alkyl halides is 3. The van der Waals surface area contributed by atoms with Crippen LogP contribution in [0.4, 0.5) is 23.7 Å². The summed E-state index contributed by atoms with van der Waals surface area (Å²) in [6.07, 6.45) is -4.53. The zero-order chi connectivity index (χ0) is 17.1. The minimum absolute atomic E-state index is 0.0403. The molecular weight excluding hydrogens is 369 g/mol. The van der Waals surface area contributed by atoms with E-state index in [0.717, 1.165) is 17.0 Å². The quantitative estimate of drug-likeness (QED) is 0.834. The largest absolute Gasteiger partial charge is 0.481 e. The van der Waals surface area contributed by atoms with Crippen LogP contribution in [0.5, 0.6) is 0 Å². The topological polar surface area (TPSA) is 69.6 Å². The van der Waals surface area contributed by atoms with Crippen molar-refractivity contribution in [1.29, 1.82) is 0 Å². The molecule has 1 rings (SSSR count). The van der Waals surface area contributed by atoms with Crippen LogP contribution >= 0.6 is 15.9 Å². The zero-order valence-corrected chi connectivity index (χ0v) is 13.3. The number of benzene rings is 1. The molecule has 0 aliphatic rings. The average molecular weight is 383 g/mol. The van der Waals surface area contributed by atoms with Crippen LogP contribution in [-0.2, 0) is 11.0 Å². The summed E-state index contributed by atoms with van der Waals surface area (Å²) < 4.78 is 38.3. The molecule has 1 aromatic rings. The second kappa shape index (κ2) is 6.99. The lowest BCUT2D eigenvalue weighted by molar-refractivity contribution is -0.141. The molecule has 9 heteroatoms. The first-order valence-electron chi connectivity index (χ1n) is 6.13. The first-order chi connectivity index (χ1) is 10.0. The van der Waals surface area contributed by atoms with E-state index in [1.807, 2.05) is 0 Å². The van der Waals surface area contributed by atoms with Crippen LogP contribution in [0.25, 0.3) is 0 Å². The molecule has 0 aliphatic carbocycles. The maximum absolute atomic E-state index is 12.7. The van der Waals surface area contributed by atoms with Crippen molar-refractivity contribution in [2.24, 2.45) is 5.92 Å². The molecule has 1 atom stereocenters. The van der Waals surface area contributed by atoms with Crippen LogP contribution in [-0.4, -0.2) is 35.6 Å². The summed E-state index contributed by atoms with van der Waals surface area (Å²) in [7, 11) is 1.36. The van der Waals surface area contributed by atoms with Gasteiger partial charge in [-0.05, 0) is 18.2 Å². The van der Waals surface area contributed by atoms with Gasteiger partial charge in [0.15, 0.2) is 0 Å².